The van der Waals surface area contributed by atoms with Crippen molar-refractivity contribution in [3.63, 3.8) is 0 Å². The molecule has 1 unspecified atom stereocenters. The summed E-state index contributed by atoms with van der Waals surface area (Å²) in [5, 5.41) is 13.0. The van der Waals surface area contributed by atoms with Crippen LogP contribution in [-0.2, 0) is 4.79 Å². The largest absolute Gasteiger partial charge is 0.410 e. The van der Waals surface area contributed by atoms with Crippen LogP contribution in [-0.4, -0.2) is 21.4 Å². The maximum absolute atomic E-state index is 12.4. The molecule has 23 heavy (non-hydrogen) atoms. The van der Waals surface area contributed by atoms with Crippen molar-refractivity contribution in [2.45, 2.75) is 23.8 Å². The average molecular weight is 345 g/mol. The van der Waals surface area contributed by atoms with Crippen molar-refractivity contribution in [2.75, 3.05) is 5.32 Å². The van der Waals surface area contributed by atoms with Crippen LogP contribution in [0.5, 0.6) is 0 Å². The fourth-order valence-electron chi connectivity index (χ4n) is 1.95. The van der Waals surface area contributed by atoms with Gasteiger partial charge in [0, 0.05) is 5.69 Å². The molecular formula is C16H15N3O2S2. The summed E-state index contributed by atoms with van der Waals surface area (Å²) in [6.45, 7) is 1.96. The van der Waals surface area contributed by atoms with E-state index in [2.05, 4.69) is 15.5 Å². The molecule has 0 fully saturated rings. The van der Waals surface area contributed by atoms with Crippen molar-refractivity contribution in [1.29, 1.82) is 0 Å². The number of benzene rings is 1. The molecule has 3 aromatic rings. The summed E-state index contributed by atoms with van der Waals surface area (Å²) in [6, 6.07) is 13.2. The number of aromatic nitrogens is 2. The summed E-state index contributed by atoms with van der Waals surface area (Å²) in [5.74, 6) is 0.417. The summed E-state index contributed by atoms with van der Waals surface area (Å²) in [4.78, 5) is 13.3. The van der Waals surface area contributed by atoms with Crippen LogP contribution in [0.25, 0.3) is 10.8 Å². The van der Waals surface area contributed by atoms with Gasteiger partial charge in [0.15, 0.2) is 0 Å². The Hall–Kier alpha value is -2.12. The van der Waals surface area contributed by atoms with Gasteiger partial charge in [-0.2, -0.15) is 0 Å². The highest BCUT2D eigenvalue weighted by molar-refractivity contribution is 8.00. The van der Waals surface area contributed by atoms with Crippen LogP contribution < -0.4 is 5.32 Å². The number of rotatable bonds is 6. The highest BCUT2D eigenvalue weighted by Crippen LogP contribution is 2.30. The van der Waals surface area contributed by atoms with E-state index in [9.17, 15) is 4.79 Å². The lowest BCUT2D eigenvalue weighted by Gasteiger charge is -2.12. The number of carbonyl (C=O) groups excluding carboxylic acids is 1. The molecule has 7 heteroatoms. The second-order valence-electron chi connectivity index (χ2n) is 4.72. The van der Waals surface area contributed by atoms with E-state index >= 15 is 0 Å². The highest BCUT2D eigenvalue weighted by atomic mass is 32.2. The Morgan fingerprint density at radius 3 is 2.78 bits per heavy atom. The van der Waals surface area contributed by atoms with E-state index in [4.69, 9.17) is 4.42 Å². The third-order valence-corrected chi connectivity index (χ3v) is 5.14. The van der Waals surface area contributed by atoms with E-state index in [1.165, 1.54) is 23.1 Å². The van der Waals surface area contributed by atoms with E-state index in [0.29, 0.717) is 17.5 Å². The molecule has 0 aliphatic carbocycles. The first-order valence-electron chi connectivity index (χ1n) is 7.16. The molecule has 1 atom stereocenters. The lowest BCUT2D eigenvalue weighted by Crippen LogP contribution is -2.24. The minimum atomic E-state index is -0.285. The van der Waals surface area contributed by atoms with Crippen LogP contribution in [0.15, 0.2) is 57.5 Å². The smallest absolute Gasteiger partial charge is 0.277 e. The number of thiophene rings is 1. The molecule has 1 N–H and O–H groups in total. The Morgan fingerprint density at radius 2 is 2.09 bits per heavy atom. The van der Waals surface area contributed by atoms with Crippen molar-refractivity contribution in [2.24, 2.45) is 0 Å². The summed E-state index contributed by atoms with van der Waals surface area (Å²) < 4.78 is 5.63. The number of anilines is 1. The van der Waals surface area contributed by atoms with Crippen molar-refractivity contribution < 1.29 is 9.21 Å². The Balaban J connectivity index is 1.66. The molecule has 0 spiro atoms. The first-order valence-corrected chi connectivity index (χ1v) is 8.92. The van der Waals surface area contributed by atoms with Gasteiger partial charge in [-0.3, -0.25) is 4.79 Å². The monoisotopic (exact) mass is 345 g/mol. The Morgan fingerprint density at radius 1 is 1.26 bits per heavy atom. The van der Waals surface area contributed by atoms with Gasteiger partial charge in [0.1, 0.15) is 0 Å². The average Bonchev–Trinajstić information content (AvgIpc) is 3.24. The SMILES string of the molecule is CCC(Sc1nnc(-c2cccs2)o1)C(=O)Nc1ccccc1. The number of hydrogen-bond acceptors (Lipinski definition) is 6. The predicted octanol–water partition coefficient (Wildman–Crippen LogP) is 4.31. The van der Waals surface area contributed by atoms with Crippen LogP contribution in [0.4, 0.5) is 5.69 Å². The molecule has 2 heterocycles. The van der Waals surface area contributed by atoms with Gasteiger partial charge in [0.2, 0.25) is 5.91 Å². The van der Waals surface area contributed by atoms with E-state index in [1.54, 1.807) is 0 Å². The predicted molar refractivity (Wildman–Crippen MR) is 92.6 cm³/mol. The van der Waals surface area contributed by atoms with E-state index in [0.717, 1.165) is 10.6 Å². The van der Waals surface area contributed by atoms with Crippen LogP contribution in [0, 0.1) is 0 Å². The molecule has 1 aromatic carbocycles. The third-order valence-electron chi connectivity index (χ3n) is 3.09. The molecule has 5 nitrogen and oxygen atoms in total. The molecule has 118 valence electrons. The van der Waals surface area contributed by atoms with Crippen LogP contribution in [0.2, 0.25) is 0 Å². The van der Waals surface area contributed by atoms with Gasteiger partial charge >= 0.3 is 0 Å². The van der Waals surface area contributed by atoms with E-state index < -0.39 is 0 Å². The second kappa shape index (κ2) is 7.43. The Bertz CT molecular complexity index is 757. The lowest BCUT2D eigenvalue weighted by molar-refractivity contribution is -0.115. The first kappa shape index (κ1) is 15.8. The standard InChI is InChI=1S/C16H15N3O2S2/c1-2-12(14(20)17-11-7-4-3-5-8-11)23-16-19-18-15(21-16)13-9-6-10-22-13/h3-10,12H,2H2,1H3,(H,17,20). The molecule has 0 saturated heterocycles. The Labute approximate surface area is 142 Å². The van der Waals surface area contributed by atoms with Crippen molar-refractivity contribution in [3.8, 4) is 10.8 Å². The summed E-state index contributed by atoms with van der Waals surface area (Å²) in [7, 11) is 0. The molecule has 0 saturated carbocycles. The maximum atomic E-state index is 12.4. The van der Waals surface area contributed by atoms with Gasteiger partial charge < -0.3 is 9.73 Å². The van der Waals surface area contributed by atoms with Gasteiger partial charge in [0.05, 0.1) is 10.1 Å². The quantitative estimate of drug-likeness (QED) is 0.674. The molecular weight excluding hydrogens is 330 g/mol. The van der Waals surface area contributed by atoms with Crippen LogP contribution in [0.1, 0.15) is 13.3 Å². The summed E-state index contributed by atoms with van der Waals surface area (Å²) in [5.41, 5.74) is 0.779. The number of para-hydroxylation sites is 1. The highest BCUT2D eigenvalue weighted by Gasteiger charge is 2.21. The zero-order chi connectivity index (χ0) is 16.1. The number of amides is 1. The zero-order valence-electron chi connectivity index (χ0n) is 12.4. The third kappa shape index (κ3) is 4.00. The lowest BCUT2D eigenvalue weighted by atomic mass is 10.3. The fraction of sp³-hybridized carbons (Fsp3) is 0.188. The van der Waals surface area contributed by atoms with Gasteiger partial charge in [0.25, 0.3) is 11.1 Å². The van der Waals surface area contributed by atoms with E-state index in [-0.39, 0.29) is 11.2 Å². The summed E-state index contributed by atoms with van der Waals surface area (Å²) in [6.07, 6.45) is 0.667. The number of hydrogen-bond donors (Lipinski definition) is 1. The van der Waals surface area contributed by atoms with Crippen molar-refractivity contribution in [3.05, 3.63) is 47.8 Å². The fourth-order valence-corrected chi connectivity index (χ4v) is 3.38. The molecule has 3 rings (SSSR count). The molecule has 0 aliphatic rings. The molecule has 1 amide bonds. The number of carbonyl (C=O) groups is 1. The minimum Gasteiger partial charge on any atom is -0.410 e. The van der Waals surface area contributed by atoms with Gasteiger partial charge in [-0.25, -0.2) is 0 Å². The van der Waals surface area contributed by atoms with Crippen LogP contribution >= 0.6 is 23.1 Å². The van der Waals surface area contributed by atoms with Gasteiger partial charge in [-0.15, -0.1) is 21.5 Å². The van der Waals surface area contributed by atoms with Crippen molar-refractivity contribution >= 4 is 34.7 Å². The molecule has 0 radical (unpaired) electrons. The topological polar surface area (TPSA) is 68.0 Å². The normalized spacial score (nSPS) is 12.0. The number of nitrogens with one attached hydrogen (secondary N) is 1. The first-order chi connectivity index (χ1) is 11.3. The number of nitrogens with zero attached hydrogens (tertiary/aromatic N) is 2. The number of thioether (sulfide) groups is 1. The molecule has 0 aliphatic heterocycles. The second-order valence-corrected chi connectivity index (χ2v) is 6.82. The van der Waals surface area contributed by atoms with Crippen molar-refractivity contribution in [1.82, 2.24) is 10.2 Å². The van der Waals surface area contributed by atoms with Gasteiger partial charge in [-0.05, 0) is 30.0 Å². The van der Waals surface area contributed by atoms with Crippen LogP contribution in [0.3, 0.4) is 0 Å². The Kier molecular flexibility index (Phi) is 5.09. The maximum Gasteiger partial charge on any atom is 0.277 e. The summed E-state index contributed by atoms with van der Waals surface area (Å²) >= 11 is 2.82. The van der Waals surface area contributed by atoms with Gasteiger partial charge in [-0.1, -0.05) is 43.0 Å². The van der Waals surface area contributed by atoms with E-state index in [1.807, 2.05) is 54.8 Å². The molecule has 2 aromatic heterocycles. The molecule has 0 bridgehead atoms. The minimum absolute atomic E-state index is 0.0698. The zero-order valence-corrected chi connectivity index (χ0v) is 14.1.